The van der Waals surface area contributed by atoms with Crippen LogP contribution in [-0.4, -0.2) is 30.5 Å². The van der Waals surface area contributed by atoms with Gasteiger partial charge in [-0.3, -0.25) is 0 Å². The van der Waals surface area contributed by atoms with Crippen LogP contribution in [0.2, 0.25) is 0 Å². The van der Waals surface area contributed by atoms with Gasteiger partial charge in [0.2, 0.25) is 0 Å². The number of rotatable bonds is 3. The Morgan fingerprint density at radius 1 is 1.32 bits per heavy atom. The lowest BCUT2D eigenvalue weighted by molar-refractivity contribution is -0.0680. The van der Waals surface area contributed by atoms with E-state index in [9.17, 15) is 5.11 Å². The van der Waals surface area contributed by atoms with Gasteiger partial charge in [0.1, 0.15) is 0 Å². The summed E-state index contributed by atoms with van der Waals surface area (Å²) >= 11 is 0. The van der Waals surface area contributed by atoms with E-state index in [-0.39, 0.29) is 12.0 Å². The lowest BCUT2D eigenvalue weighted by Crippen LogP contribution is -2.38. The van der Waals surface area contributed by atoms with Crippen LogP contribution in [0.1, 0.15) is 37.0 Å². The second-order valence-corrected chi connectivity index (χ2v) is 5.93. The predicted octanol–water partition coefficient (Wildman–Crippen LogP) is 2.48. The molecule has 104 valence electrons. The molecule has 3 atom stereocenters. The Balaban J connectivity index is 1.76. The minimum atomic E-state index is -0.717. The van der Waals surface area contributed by atoms with E-state index < -0.39 is 5.60 Å². The summed E-state index contributed by atoms with van der Waals surface area (Å²) in [5.41, 5.74) is 1.89. The summed E-state index contributed by atoms with van der Waals surface area (Å²) < 4.78 is 11.3. The van der Waals surface area contributed by atoms with Crippen molar-refractivity contribution in [3.05, 3.63) is 35.4 Å². The van der Waals surface area contributed by atoms with Crippen molar-refractivity contribution in [3.63, 3.8) is 0 Å². The highest BCUT2D eigenvalue weighted by Gasteiger charge is 2.38. The van der Waals surface area contributed by atoms with Crippen LogP contribution in [0.15, 0.2) is 24.3 Å². The molecule has 3 unspecified atom stereocenters. The Morgan fingerprint density at radius 2 is 2.16 bits per heavy atom. The Kier molecular flexibility index (Phi) is 3.61. The van der Waals surface area contributed by atoms with Gasteiger partial charge in [0.05, 0.1) is 24.9 Å². The first-order valence-electron chi connectivity index (χ1n) is 7.16. The van der Waals surface area contributed by atoms with Crippen molar-refractivity contribution in [1.82, 2.24) is 0 Å². The molecule has 0 radical (unpaired) electrons. The zero-order valence-corrected chi connectivity index (χ0v) is 11.5. The fraction of sp³-hybridized carbons (Fsp3) is 0.625. The van der Waals surface area contributed by atoms with Crippen molar-refractivity contribution in [2.45, 2.75) is 37.9 Å². The molecule has 2 aliphatic rings. The highest BCUT2D eigenvalue weighted by molar-refractivity contribution is 5.31. The van der Waals surface area contributed by atoms with Gasteiger partial charge >= 0.3 is 0 Å². The van der Waals surface area contributed by atoms with Crippen molar-refractivity contribution in [3.8, 4) is 0 Å². The molecule has 1 fully saturated rings. The summed E-state index contributed by atoms with van der Waals surface area (Å²) in [5, 5.41) is 10.7. The van der Waals surface area contributed by atoms with Gasteiger partial charge in [-0.1, -0.05) is 24.3 Å². The average molecular weight is 262 g/mol. The molecule has 19 heavy (non-hydrogen) atoms. The Bertz CT molecular complexity index is 435. The molecule has 1 saturated heterocycles. The van der Waals surface area contributed by atoms with Gasteiger partial charge in [0.25, 0.3) is 0 Å². The van der Waals surface area contributed by atoms with Gasteiger partial charge in [-0.2, -0.15) is 0 Å². The van der Waals surface area contributed by atoms with Gasteiger partial charge < -0.3 is 14.6 Å². The molecule has 0 amide bonds. The molecule has 1 N–H and O–H groups in total. The lowest BCUT2D eigenvalue weighted by Gasteiger charge is -2.35. The third-order valence-electron chi connectivity index (χ3n) is 4.50. The molecular formula is C16H22O3. The first kappa shape index (κ1) is 13.1. The second kappa shape index (κ2) is 5.23. The first-order valence-corrected chi connectivity index (χ1v) is 7.16. The van der Waals surface area contributed by atoms with E-state index >= 15 is 0 Å². The van der Waals surface area contributed by atoms with E-state index in [1.54, 1.807) is 0 Å². The molecule has 2 aliphatic heterocycles. The number of hydrogen-bond donors (Lipinski definition) is 1. The van der Waals surface area contributed by atoms with E-state index in [2.05, 4.69) is 18.2 Å². The van der Waals surface area contributed by atoms with Gasteiger partial charge in [-0.15, -0.1) is 0 Å². The minimum Gasteiger partial charge on any atom is -0.390 e. The highest BCUT2D eigenvalue weighted by Crippen LogP contribution is 2.38. The van der Waals surface area contributed by atoms with E-state index in [0.717, 1.165) is 26.1 Å². The van der Waals surface area contributed by atoms with E-state index in [1.165, 1.54) is 11.1 Å². The smallest absolute Gasteiger partial charge is 0.0855 e. The van der Waals surface area contributed by atoms with Gasteiger partial charge in [-0.25, -0.2) is 0 Å². The zero-order valence-electron chi connectivity index (χ0n) is 11.5. The number of benzene rings is 1. The summed E-state index contributed by atoms with van der Waals surface area (Å²) in [5.74, 6) is 0.227. The molecule has 0 saturated carbocycles. The van der Waals surface area contributed by atoms with Crippen LogP contribution in [0.3, 0.4) is 0 Å². The molecule has 3 nitrogen and oxygen atoms in total. The standard InChI is InChI=1S/C16H22O3/c1-16(17,13-7-8-18-11-13)10-15-14-5-3-2-4-12(14)6-9-19-15/h2-5,13,15,17H,6-11H2,1H3. The van der Waals surface area contributed by atoms with E-state index in [0.29, 0.717) is 13.0 Å². The third kappa shape index (κ3) is 2.69. The van der Waals surface area contributed by atoms with Crippen molar-refractivity contribution in [2.75, 3.05) is 19.8 Å². The molecule has 0 aromatic heterocycles. The van der Waals surface area contributed by atoms with Crippen LogP contribution in [0, 0.1) is 5.92 Å². The minimum absolute atomic E-state index is 0.0144. The Hall–Kier alpha value is -0.900. The van der Waals surface area contributed by atoms with Crippen LogP contribution in [-0.2, 0) is 15.9 Å². The number of fused-ring (bicyclic) bond motifs is 1. The van der Waals surface area contributed by atoms with Crippen LogP contribution in [0.5, 0.6) is 0 Å². The molecule has 0 spiro atoms. The summed E-state index contributed by atoms with van der Waals surface area (Å²) in [4.78, 5) is 0. The SMILES string of the molecule is CC(O)(CC1OCCc2ccccc21)C1CCOC1. The van der Waals surface area contributed by atoms with Gasteiger partial charge in [-0.05, 0) is 30.9 Å². The maximum Gasteiger partial charge on any atom is 0.0855 e. The topological polar surface area (TPSA) is 38.7 Å². The number of hydrogen-bond acceptors (Lipinski definition) is 3. The maximum atomic E-state index is 10.7. The lowest BCUT2D eigenvalue weighted by atomic mass is 9.81. The van der Waals surface area contributed by atoms with Crippen LogP contribution < -0.4 is 0 Å². The summed E-state index contributed by atoms with van der Waals surface area (Å²) in [6, 6.07) is 8.41. The second-order valence-electron chi connectivity index (χ2n) is 5.93. The maximum absolute atomic E-state index is 10.7. The molecule has 3 rings (SSSR count). The fourth-order valence-corrected chi connectivity index (χ4v) is 3.21. The zero-order chi connectivity index (χ0) is 13.3. The molecule has 2 heterocycles. The summed E-state index contributed by atoms with van der Waals surface area (Å²) in [7, 11) is 0. The Labute approximate surface area is 114 Å². The van der Waals surface area contributed by atoms with Crippen molar-refractivity contribution >= 4 is 0 Å². The number of aliphatic hydroxyl groups is 1. The van der Waals surface area contributed by atoms with Crippen LogP contribution in [0.25, 0.3) is 0 Å². The predicted molar refractivity (Wildman–Crippen MR) is 73.0 cm³/mol. The van der Waals surface area contributed by atoms with E-state index in [1.807, 2.05) is 13.0 Å². The van der Waals surface area contributed by atoms with Crippen LogP contribution >= 0.6 is 0 Å². The summed E-state index contributed by atoms with van der Waals surface area (Å²) in [6.07, 6.45) is 2.58. The van der Waals surface area contributed by atoms with Gasteiger partial charge in [0, 0.05) is 18.9 Å². The molecular weight excluding hydrogens is 240 g/mol. The summed E-state index contributed by atoms with van der Waals surface area (Å²) in [6.45, 7) is 4.11. The molecule has 0 bridgehead atoms. The Morgan fingerprint density at radius 3 is 2.95 bits per heavy atom. The first-order chi connectivity index (χ1) is 9.17. The highest BCUT2D eigenvalue weighted by atomic mass is 16.5. The van der Waals surface area contributed by atoms with Crippen molar-refractivity contribution < 1.29 is 14.6 Å². The average Bonchev–Trinajstić information content (AvgIpc) is 2.93. The molecule has 1 aromatic carbocycles. The molecule has 1 aromatic rings. The molecule has 0 aliphatic carbocycles. The molecule has 3 heteroatoms. The fourth-order valence-electron chi connectivity index (χ4n) is 3.21. The largest absolute Gasteiger partial charge is 0.390 e. The normalized spacial score (nSPS) is 29.8. The quantitative estimate of drug-likeness (QED) is 0.909. The van der Waals surface area contributed by atoms with Crippen molar-refractivity contribution in [1.29, 1.82) is 0 Å². The van der Waals surface area contributed by atoms with Crippen molar-refractivity contribution in [2.24, 2.45) is 5.92 Å². The van der Waals surface area contributed by atoms with Crippen LogP contribution in [0.4, 0.5) is 0 Å². The third-order valence-corrected chi connectivity index (χ3v) is 4.50. The number of ether oxygens (including phenoxy) is 2. The van der Waals surface area contributed by atoms with Gasteiger partial charge in [0.15, 0.2) is 0 Å². The monoisotopic (exact) mass is 262 g/mol. The van der Waals surface area contributed by atoms with E-state index in [4.69, 9.17) is 9.47 Å².